The molecule has 15 rings (SSSR count). The van der Waals surface area contributed by atoms with Crippen LogP contribution in [-0.2, 0) is 6.54 Å². The van der Waals surface area contributed by atoms with Gasteiger partial charge in [0.2, 0.25) is 0 Å². The molecule has 0 saturated heterocycles. The van der Waals surface area contributed by atoms with Gasteiger partial charge in [-0.25, -0.2) is 29.9 Å². The van der Waals surface area contributed by atoms with Crippen LogP contribution in [0.5, 0.6) is 0 Å². The van der Waals surface area contributed by atoms with E-state index < -0.39 is 17.7 Å². The molecular formula is C73H52N16O4. The summed E-state index contributed by atoms with van der Waals surface area (Å²) < 4.78 is 2.06. The van der Waals surface area contributed by atoms with Gasteiger partial charge in [-0.05, 0) is 96.1 Å². The molecule has 8 bridgehead atoms. The standard InChI is InChI=1S/C73H52N16O4/c90-70(45-16-12-13-43(33-45)38-89-42-77-37-65(89)44-14-2-1-3-15-44)85-50-21-8-4-17-46(50)66-54-25-27-56(81-54)67(47-18-5-9-22-51(47)86-71(91)62-34-74-39-78-62)58-29-31-60(83-58)69(49-20-7-11-24-53(49)88-73(93)64-36-76-41-80-64)61-32-30-59(84-61)68(57-28-26-55(66)82-57)48-19-6-10-23-52(48)87-72(92)63-35-75-40-79-63/h1-37,39-42,81,84H,38H2,(H,74,78)(H,75,79)(H,76,80)(H,85,90)(H,86,91)(H,87,92)(H,88,93). The molecule has 2 aliphatic heterocycles. The predicted molar refractivity (Wildman–Crippen MR) is 361 cm³/mol. The molecule has 13 aromatic rings. The summed E-state index contributed by atoms with van der Waals surface area (Å²) >= 11 is 0. The summed E-state index contributed by atoms with van der Waals surface area (Å²) in [5.41, 5.74) is 15.7. The lowest BCUT2D eigenvalue weighted by Gasteiger charge is -2.14. The van der Waals surface area contributed by atoms with Crippen LogP contribution in [0.15, 0.2) is 226 Å². The molecule has 9 heterocycles. The predicted octanol–water partition coefficient (Wildman–Crippen LogP) is 14.4. The molecular weight excluding hydrogens is 1160 g/mol. The van der Waals surface area contributed by atoms with Crippen LogP contribution in [0.25, 0.3) is 102 Å². The number of nitrogens with one attached hydrogen (secondary N) is 9. The number of anilines is 4. The molecule has 93 heavy (non-hydrogen) atoms. The number of amides is 4. The monoisotopic (exact) mass is 1220 g/mol. The summed E-state index contributed by atoms with van der Waals surface area (Å²) in [5.74, 6) is -1.54. The van der Waals surface area contributed by atoms with Gasteiger partial charge in [0.15, 0.2) is 0 Å². The molecule has 0 fully saturated rings. The van der Waals surface area contributed by atoms with Crippen molar-refractivity contribution in [2.45, 2.75) is 6.54 Å². The first kappa shape index (κ1) is 56.2. The molecule has 9 N–H and O–H groups in total. The Balaban J connectivity index is 0.962. The molecule has 2 aliphatic rings. The van der Waals surface area contributed by atoms with Crippen molar-refractivity contribution in [3.05, 3.63) is 277 Å². The minimum atomic E-state index is -0.405. The third-order valence-corrected chi connectivity index (χ3v) is 16.1. The molecule has 0 atom stereocenters. The summed E-state index contributed by atoms with van der Waals surface area (Å²) in [6, 6.07) is 55.5. The Labute approximate surface area is 529 Å². The second kappa shape index (κ2) is 24.3. The normalized spacial score (nSPS) is 11.6. The zero-order valence-corrected chi connectivity index (χ0v) is 49.1. The summed E-state index contributed by atoms with van der Waals surface area (Å²) in [7, 11) is 0. The fourth-order valence-corrected chi connectivity index (χ4v) is 11.8. The minimum Gasteiger partial charge on any atom is -0.354 e. The topological polar surface area (TPSA) is 278 Å². The maximum atomic E-state index is 14.8. The molecule has 6 aromatic carbocycles. The van der Waals surface area contributed by atoms with E-state index >= 15 is 0 Å². The first-order chi connectivity index (χ1) is 45.7. The quantitative estimate of drug-likeness (QED) is 0.0468. The highest BCUT2D eigenvalue weighted by molar-refractivity contribution is 6.12. The molecule has 20 nitrogen and oxygen atoms in total. The number of aromatic nitrogens is 12. The Bertz CT molecular complexity index is 5200. The van der Waals surface area contributed by atoms with E-state index in [9.17, 15) is 19.2 Å². The summed E-state index contributed by atoms with van der Waals surface area (Å²) in [4.78, 5) is 101. The first-order valence-corrected chi connectivity index (χ1v) is 29.6. The zero-order valence-electron chi connectivity index (χ0n) is 49.1. The van der Waals surface area contributed by atoms with E-state index in [-0.39, 0.29) is 23.0 Å². The average molecular weight is 1220 g/mol. The number of fused-ring (bicyclic) bond motifs is 8. The summed E-state index contributed by atoms with van der Waals surface area (Å²) in [6.45, 7) is 0.478. The Morgan fingerprint density at radius 2 is 0.753 bits per heavy atom. The number of carbonyl (C=O) groups is 4. The van der Waals surface area contributed by atoms with Crippen LogP contribution in [0, 0.1) is 0 Å². The summed E-state index contributed by atoms with van der Waals surface area (Å²) in [6.07, 6.45) is 20.1. The van der Waals surface area contributed by atoms with E-state index in [4.69, 9.17) is 9.97 Å². The van der Waals surface area contributed by atoms with E-state index in [1.807, 2.05) is 200 Å². The number of hydrogen-bond donors (Lipinski definition) is 9. The van der Waals surface area contributed by atoms with Crippen molar-refractivity contribution in [2.24, 2.45) is 0 Å². The number of hydrogen-bond acceptors (Lipinski definition) is 10. The molecule has 0 radical (unpaired) electrons. The maximum Gasteiger partial charge on any atom is 0.273 e. The highest BCUT2D eigenvalue weighted by Crippen LogP contribution is 2.43. The average Bonchev–Trinajstić information content (AvgIpc) is 1.66. The van der Waals surface area contributed by atoms with E-state index in [0.29, 0.717) is 124 Å². The third-order valence-electron chi connectivity index (χ3n) is 16.1. The lowest BCUT2D eigenvalue weighted by atomic mass is 10.0. The van der Waals surface area contributed by atoms with Crippen LogP contribution in [0.4, 0.5) is 22.7 Å². The van der Waals surface area contributed by atoms with E-state index in [0.717, 1.165) is 16.8 Å². The molecule has 20 heteroatoms. The second-order valence-electron chi connectivity index (χ2n) is 21.9. The number of para-hydroxylation sites is 4. The van der Waals surface area contributed by atoms with Crippen LogP contribution in [-0.4, -0.2) is 83.0 Å². The van der Waals surface area contributed by atoms with Gasteiger partial charge in [0, 0.05) is 101 Å². The van der Waals surface area contributed by atoms with Crippen molar-refractivity contribution in [3.8, 4) is 55.8 Å². The van der Waals surface area contributed by atoms with Crippen molar-refractivity contribution in [1.82, 2.24) is 59.4 Å². The van der Waals surface area contributed by atoms with Crippen molar-refractivity contribution in [3.63, 3.8) is 0 Å². The highest BCUT2D eigenvalue weighted by Gasteiger charge is 2.25. The fourth-order valence-electron chi connectivity index (χ4n) is 11.8. The largest absolute Gasteiger partial charge is 0.354 e. The second-order valence-corrected chi connectivity index (χ2v) is 21.9. The molecule has 0 spiro atoms. The number of nitrogens with zero attached hydrogens (tertiary/aromatic N) is 7. The number of carbonyl (C=O) groups excluding carboxylic acids is 4. The van der Waals surface area contributed by atoms with Gasteiger partial charge in [-0.1, -0.05) is 115 Å². The molecule has 0 saturated carbocycles. The van der Waals surface area contributed by atoms with E-state index in [1.165, 1.54) is 37.6 Å². The van der Waals surface area contributed by atoms with Crippen LogP contribution in [0.3, 0.4) is 0 Å². The van der Waals surface area contributed by atoms with Gasteiger partial charge >= 0.3 is 0 Å². The third kappa shape index (κ3) is 11.1. The van der Waals surface area contributed by atoms with Gasteiger partial charge in [-0.15, -0.1) is 0 Å². The highest BCUT2D eigenvalue weighted by atomic mass is 16.2. The number of aromatic amines is 5. The molecule has 0 unspecified atom stereocenters. The van der Waals surface area contributed by atoms with Crippen LogP contribution in [0.1, 0.15) is 70.2 Å². The van der Waals surface area contributed by atoms with Gasteiger partial charge < -0.3 is 50.8 Å². The van der Waals surface area contributed by atoms with Crippen molar-refractivity contribution in [2.75, 3.05) is 21.3 Å². The van der Waals surface area contributed by atoms with E-state index in [1.54, 1.807) is 12.4 Å². The van der Waals surface area contributed by atoms with Crippen molar-refractivity contribution in [1.29, 1.82) is 0 Å². The van der Waals surface area contributed by atoms with Gasteiger partial charge in [-0.2, -0.15) is 0 Å². The Hall–Kier alpha value is -13.4. The van der Waals surface area contributed by atoms with Crippen molar-refractivity contribution < 1.29 is 19.2 Å². The van der Waals surface area contributed by atoms with Gasteiger partial charge in [0.05, 0.1) is 78.6 Å². The Morgan fingerprint density at radius 3 is 1.14 bits per heavy atom. The van der Waals surface area contributed by atoms with Crippen LogP contribution < -0.4 is 21.3 Å². The van der Waals surface area contributed by atoms with Gasteiger partial charge in [0.1, 0.15) is 17.1 Å². The van der Waals surface area contributed by atoms with Crippen molar-refractivity contribution >= 4 is 92.7 Å². The van der Waals surface area contributed by atoms with E-state index in [2.05, 4.69) is 70.7 Å². The minimum absolute atomic E-state index is 0.264. The molecule has 0 aliphatic carbocycles. The Morgan fingerprint density at radius 1 is 0.376 bits per heavy atom. The number of imidazole rings is 4. The smallest absolute Gasteiger partial charge is 0.273 e. The zero-order chi connectivity index (χ0) is 62.8. The number of rotatable bonds is 15. The molecule has 4 amide bonds. The Kier molecular flexibility index (Phi) is 14.7. The molecule has 448 valence electrons. The number of benzene rings is 6. The van der Waals surface area contributed by atoms with Crippen LogP contribution >= 0.6 is 0 Å². The molecule has 7 aromatic heterocycles. The van der Waals surface area contributed by atoms with Gasteiger partial charge in [0.25, 0.3) is 23.6 Å². The first-order valence-electron chi connectivity index (χ1n) is 29.6. The SMILES string of the molecule is O=C(Nc1ccccc1-c1c2nc(c(-c3ccccc3NC(=O)c3cnc[nH]3)c3ccc([nH]3)c(-c3ccccc3NC(=O)c3cnc[nH]3)c3nc(c(-c4ccccc4NC(=O)c4cnc[nH]4)c4ccc1[nH]4)C=C3)C=C2)c1cccc(Cn2cncc2-c2ccccc2)c1. The lowest BCUT2D eigenvalue weighted by molar-refractivity contribution is 0.101. The lowest BCUT2D eigenvalue weighted by Crippen LogP contribution is -2.13. The number of H-pyrrole nitrogens is 5. The summed E-state index contributed by atoms with van der Waals surface area (Å²) in [5, 5.41) is 12.6. The van der Waals surface area contributed by atoms with Crippen LogP contribution in [0.2, 0.25) is 0 Å². The maximum absolute atomic E-state index is 14.8. The fraction of sp³-hybridized carbons (Fsp3) is 0.0137. The van der Waals surface area contributed by atoms with Gasteiger partial charge in [-0.3, -0.25) is 19.2 Å².